The third-order valence-corrected chi connectivity index (χ3v) is 3.57. The summed E-state index contributed by atoms with van der Waals surface area (Å²) < 4.78 is 10.3. The fourth-order valence-corrected chi connectivity index (χ4v) is 2.15. The molecule has 1 aromatic carbocycles. The Morgan fingerprint density at radius 1 is 1.17 bits per heavy atom. The molecule has 0 aliphatic rings. The van der Waals surface area contributed by atoms with E-state index in [4.69, 9.17) is 4.74 Å². The summed E-state index contributed by atoms with van der Waals surface area (Å²) in [6.45, 7) is 6.81. The highest BCUT2D eigenvalue weighted by atomic mass is 16.5. The quantitative estimate of drug-likeness (QED) is 0.725. The predicted octanol–water partition coefficient (Wildman–Crippen LogP) is 2.77. The Morgan fingerprint density at radius 2 is 1.83 bits per heavy atom. The third kappa shape index (κ3) is 6.30. The highest BCUT2D eigenvalue weighted by molar-refractivity contribution is 5.77. The Labute approximate surface area is 138 Å². The minimum absolute atomic E-state index is 0.0121. The number of amides is 1. The van der Waals surface area contributed by atoms with E-state index in [0.29, 0.717) is 19.4 Å². The molecule has 0 aliphatic heterocycles. The number of hydrogen-bond acceptors (Lipinski definition) is 4. The molecule has 1 rings (SSSR count). The van der Waals surface area contributed by atoms with Crippen molar-refractivity contribution in [1.29, 1.82) is 0 Å². The first-order chi connectivity index (χ1) is 10.8. The van der Waals surface area contributed by atoms with Gasteiger partial charge in [-0.3, -0.25) is 9.59 Å². The number of nitrogens with zero attached hydrogens (tertiary/aromatic N) is 1. The normalized spacial score (nSPS) is 11.0. The van der Waals surface area contributed by atoms with Gasteiger partial charge in [0.15, 0.2) is 6.61 Å². The van der Waals surface area contributed by atoms with Gasteiger partial charge in [0.1, 0.15) is 5.75 Å². The molecule has 0 heterocycles. The Bertz CT molecular complexity index is 534. The van der Waals surface area contributed by atoms with E-state index >= 15 is 0 Å². The molecule has 128 valence electrons. The summed E-state index contributed by atoms with van der Waals surface area (Å²) in [4.78, 5) is 24.7. The van der Waals surface area contributed by atoms with Gasteiger partial charge in [0.2, 0.25) is 0 Å². The van der Waals surface area contributed by atoms with Gasteiger partial charge in [-0.05, 0) is 23.5 Å². The first-order valence-corrected chi connectivity index (χ1v) is 7.78. The fourth-order valence-electron chi connectivity index (χ4n) is 2.15. The minimum Gasteiger partial charge on any atom is -0.483 e. The summed E-state index contributed by atoms with van der Waals surface area (Å²) in [5.41, 5.74) is 1.02. The van der Waals surface area contributed by atoms with E-state index in [1.165, 1.54) is 7.11 Å². The molecule has 1 amide bonds. The van der Waals surface area contributed by atoms with Gasteiger partial charge >= 0.3 is 5.97 Å². The Morgan fingerprint density at radius 3 is 2.43 bits per heavy atom. The summed E-state index contributed by atoms with van der Waals surface area (Å²) >= 11 is 0. The molecule has 23 heavy (non-hydrogen) atoms. The number of ether oxygens (including phenoxy) is 2. The number of esters is 1. The lowest BCUT2D eigenvalue weighted by atomic mass is 9.86. The Hall–Kier alpha value is -2.04. The Kier molecular flexibility index (Phi) is 7.07. The average Bonchev–Trinajstić information content (AvgIpc) is 2.51. The molecule has 0 fully saturated rings. The van der Waals surface area contributed by atoms with E-state index in [9.17, 15) is 9.59 Å². The summed E-state index contributed by atoms with van der Waals surface area (Å²) in [6, 6.07) is 7.76. The van der Waals surface area contributed by atoms with Crippen LogP contribution in [0.2, 0.25) is 0 Å². The number of carbonyl (C=O) groups is 2. The molecule has 0 bridgehead atoms. The molecule has 0 N–H and O–H groups in total. The molecule has 5 nitrogen and oxygen atoms in total. The molecule has 5 heteroatoms. The number of rotatable bonds is 7. The highest BCUT2D eigenvalue weighted by Gasteiger charge is 2.19. The van der Waals surface area contributed by atoms with Crippen LogP contribution >= 0.6 is 0 Å². The van der Waals surface area contributed by atoms with Crippen LogP contribution in [-0.2, 0) is 19.7 Å². The van der Waals surface area contributed by atoms with Crippen molar-refractivity contribution in [3.05, 3.63) is 29.8 Å². The van der Waals surface area contributed by atoms with Crippen molar-refractivity contribution in [2.45, 2.75) is 39.0 Å². The number of likely N-dealkylation sites (N-methyl/N-ethyl adjacent to an activating group) is 1. The van der Waals surface area contributed by atoms with Crippen LogP contribution in [0.3, 0.4) is 0 Å². The monoisotopic (exact) mass is 321 g/mol. The van der Waals surface area contributed by atoms with Gasteiger partial charge in [0.25, 0.3) is 5.91 Å². The SMILES string of the molecule is COC(=O)CCCN(C)C(=O)COc1ccccc1C(C)(C)C. The maximum absolute atomic E-state index is 12.1. The second kappa shape index (κ2) is 8.56. The Balaban J connectivity index is 2.52. The van der Waals surface area contributed by atoms with Crippen molar-refractivity contribution in [3.8, 4) is 5.75 Å². The topological polar surface area (TPSA) is 55.8 Å². The summed E-state index contributed by atoms with van der Waals surface area (Å²) in [5, 5.41) is 0. The summed E-state index contributed by atoms with van der Waals surface area (Å²) in [6.07, 6.45) is 0.884. The van der Waals surface area contributed by atoms with Crippen LogP contribution < -0.4 is 4.74 Å². The van der Waals surface area contributed by atoms with Crippen molar-refractivity contribution in [1.82, 2.24) is 4.90 Å². The van der Waals surface area contributed by atoms with Gasteiger partial charge < -0.3 is 14.4 Å². The first kappa shape index (κ1) is 19.0. The lowest BCUT2D eigenvalue weighted by Gasteiger charge is -2.23. The van der Waals surface area contributed by atoms with Gasteiger partial charge in [-0.1, -0.05) is 39.0 Å². The summed E-state index contributed by atoms with van der Waals surface area (Å²) in [7, 11) is 3.07. The van der Waals surface area contributed by atoms with E-state index in [2.05, 4.69) is 25.5 Å². The molecule has 0 saturated carbocycles. The van der Waals surface area contributed by atoms with Crippen LogP contribution in [-0.4, -0.2) is 44.1 Å². The summed E-state index contributed by atoms with van der Waals surface area (Å²) in [5.74, 6) is 0.357. The van der Waals surface area contributed by atoms with E-state index in [1.807, 2.05) is 24.3 Å². The zero-order valence-electron chi connectivity index (χ0n) is 14.7. The van der Waals surface area contributed by atoms with Crippen LogP contribution in [0.25, 0.3) is 0 Å². The van der Waals surface area contributed by atoms with Gasteiger partial charge in [-0.2, -0.15) is 0 Å². The second-order valence-corrected chi connectivity index (χ2v) is 6.53. The van der Waals surface area contributed by atoms with Gasteiger partial charge in [0, 0.05) is 20.0 Å². The number of para-hydroxylation sites is 1. The lowest BCUT2D eigenvalue weighted by Crippen LogP contribution is -2.32. The predicted molar refractivity (Wildman–Crippen MR) is 89.5 cm³/mol. The molecular weight excluding hydrogens is 294 g/mol. The molecular formula is C18H27NO4. The number of hydrogen-bond donors (Lipinski definition) is 0. The van der Waals surface area contributed by atoms with E-state index in [1.54, 1.807) is 11.9 Å². The van der Waals surface area contributed by atoms with Crippen molar-refractivity contribution in [2.75, 3.05) is 27.3 Å². The molecule has 0 saturated heterocycles. The molecule has 0 aromatic heterocycles. The molecule has 0 radical (unpaired) electrons. The minimum atomic E-state index is -0.263. The van der Waals surface area contributed by atoms with E-state index < -0.39 is 0 Å². The van der Waals surface area contributed by atoms with Crippen molar-refractivity contribution >= 4 is 11.9 Å². The van der Waals surface area contributed by atoms with Crippen LogP contribution in [0.1, 0.15) is 39.2 Å². The lowest BCUT2D eigenvalue weighted by molar-refractivity contribution is -0.141. The van der Waals surface area contributed by atoms with Gasteiger partial charge in [0.05, 0.1) is 7.11 Å². The van der Waals surface area contributed by atoms with Gasteiger partial charge in [-0.25, -0.2) is 0 Å². The fraction of sp³-hybridized carbons (Fsp3) is 0.556. The van der Waals surface area contributed by atoms with E-state index in [0.717, 1.165) is 11.3 Å². The molecule has 0 atom stereocenters. The van der Waals surface area contributed by atoms with E-state index in [-0.39, 0.29) is 23.9 Å². The van der Waals surface area contributed by atoms with Crippen LogP contribution in [0.5, 0.6) is 5.75 Å². The number of methoxy groups -OCH3 is 1. The molecule has 0 unspecified atom stereocenters. The largest absolute Gasteiger partial charge is 0.483 e. The second-order valence-electron chi connectivity index (χ2n) is 6.53. The van der Waals surface area contributed by atoms with Crippen molar-refractivity contribution in [2.24, 2.45) is 0 Å². The zero-order chi connectivity index (χ0) is 17.5. The molecule has 1 aromatic rings. The zero-order valence-corrected chi connectivity index (χ0v) is 14.7. The first-order valence-electron chi connectivity index (χ1n) is 7.78. The average molecular weight is 321 g/mol. The number of benzene rings is 1. The molecule has 0 aliphatic carbocycles. The van der Waals surface area contributed by atoms with Crippen molar-refractivity contribution in [3.63, 3.8) is 0 Å². The third-order valence-electron chi connectivity index (χ3n) is 3.57. The molecule has 0 spiro atoms. The number of carbonyl (C=O) groups excluding carboxylic acids is 2. The van der Waals surface area contributed by atoms with Gasteiger partial charge in [-0.15, -0.1) is 0 Å². The van der Waals surface area contributed by atoms with Crippen LogP contribution in [0.15, 0.2) is 24.3 Å². The highest BCUT2D eigenvalue weighted by Crippen LogP contribution is 2.30. The standard InChI is InChI=1S/C18H27NO4/c1-18(2,3)14-9-6-7-10-15(14)23-13-16(20)19(4)12-8-11-17(21)22-5/h6-7,9-10H,8,11-13H2,1-5H3. The maximum Gasteiger partial charge on any atom is 0.305 e. The van der Waals surface area contributed by atoms with Crippen LogP contribution in [0, 0.1) is 0 Å². The van der Waals surface area contributed by atoms with Crippen LogP contribution in [0.4, 0.5) is 0 Å². The smallest absolute Gasteiger partial charge is 0.305 e. The van der Waals surface area contributed by atoms with Crippen molar-refractivity contribution < 1.29 is 19.1 Å². The maximum atomic E-state index is 12.1.